The van der Waals surface area contributed by atoms with Crippen molar-refractivity contribution in [2.45, 2.75) is 46.0 Å². The van der Waals surface area contributed by atoms with E-state index >= 15 is 0 Å². The molecule has 9 heteroatoms. The molecule has 3 rings (SSSR count). The van der Waals surface area contributed by atoms with Crippen molar-refractivity contribution < 1.29 is 14.3 Å². The summed E-state index contributed by atoms with van der Waals surface area (Å²) in [4.78, 5) is 34.2. The lowest BCUT2D eigenvalue weighted by Crippen LogP contribution is -2.38. The highest BCUT2D eigenvalue weighted by Crippen LogP contribution is 2.16. The van der Waals surface area contributed by atoms with Crippen LogP contribution in [0.15, 0.2) is 0 Å². The molecule has 0 spiro atoms. The largest absolute Gasteiger partial charge is 0.456 e. The van der Waals surface area contributed by atoms with E-state index in [-0.39, 0.29) is 24.9 Å². The molecule has 140 valence electrons. The summed E-state index contributed by atoms with van der Waals surface area (Å²) < 4.78 is 6.72. The summed E-state index contributed by atoms with van der Waals surface area (Å²) >= 11 is 0. The summed E-state index contributed by atoms with van der Waals surface area (Å²) in [5.74, 6) is 0.0858. The molecular weight excluding hydrogens is 336 g/mol. The summed E-state index contributed by atoms with van der Waals surface area (Å²) in [6.45, 7) is 5.06. The van der Waals surface area contributed by atoms with Gasteiger partial charge in [0.2, 0.25) is 5.95 Å². The highest BCUT2D eigenvalue weighted by molar-refractivity contribution is 5.80. The number of piperidine rings is 1. The molecule has 1 aliphatic heterocycles. The van der Waals surface area contributed by atoms with Gasteiger partial charge in [-0.1, -0.05) is 0 Å². The second kappa shape index (κ2) is 7.67. The predicted octanol–water partition coefficient (Wildman–Crippen LogP) is 0.812. The number of likely N-dealkylation sites (tertiary alicyclic amines) is 1. The molecule has 0 radical (unpaired) electrons. The molecule has 0 aromatic carbocycles. The number of hydrogen-bond acceptors (Lipinski definition) is 7. The molecule has 3 heterocycles. The second-order valence-electron chi connectivity index (χ2n) is 6.55. The van der Waals surface area contributed by atoms with Gasteiger partial charge >= 0.3 is 5.97 Å². The maximum Gasteiger partial charge on any atom is 0.306 e. The van der Waals surface area contributed by atoms with Crippen LogP contribution in [0, 0.1) is 13.8 Å². The number of amides is 1. The van der Waals surface area contributed by atoms with Gasteiger partial charge < -0.3 is 15.4 Å². The fourth-order valence-corrected chi connectivity index (χ4v) is 3.26. The van der Waals surface area contributed by atoms with Crippen molar-refractivity contribution in [2.24, 2.45) is 0 Å². The molecule has 26 heavy (non-hydrogen) atoms. The van der Waals surface area contributed by atoms with Crippen molar-refractivity contribution >= 4 is 23.6 Å². The summed E-state index contributed by atoms with van der Waals surface area (Å²) in [6, 6.07) is 0. The van der Waals surface area contributed by atoms with Crippen LogP contribution in [-0.2, 0) is 20.7 Å². The quantitative estimate of drug-likeness (QED) is 0.784. The molecule has 0 bridgehead atoms. The fraction of sp³-hybridized carbons (Fsp3) is 0.588. The molecule has 2 aromatic rings. The minimum atomic E-state index is -0.396. The smallest absolute Gasteiger partial charge is 0.306 e. The molecular formula is C17H24N6O3. The van der Waals surface area contributed by atoms with Gasteiger partial charge in [-0.15, -0.1) is 5.10 Å². The molecule has 9 nitrogen and oxygen atoms in total. The molecule has 1 aliphatic rings. The first kappa shape index (κ1) is 18.1. The highest BCUT2D eigenvalue weighted by Gasteiger charge is 2.19. The molecule has 1 saturated heterocycles. The zero-order chi connectivity index (χ0) is 18.7. The Bertz CT molecular complexity index is 826. The van der Waals surface area contributed by atoms with E-state index in [0.29, 0.717) is 12.2 Å². The normalized spacial score (nSPS) is 14.6. The topological polar surface area (TPSA) is 116 Å². The van der Waals surface area contributed by atoms with Crippen molar-refractivity contribution in [3.05, 3.63) is 17.0 Å². The number of ether oxygens (including phenoxy) is 1. The van der Waals surface area contributed by atoms with E-state index in [1.165, 1.54) is 0 Å². The zero-order valence-corrected chi connectivity index (χ0v) is 15.2. The van der Waals surface area contributed by atoms with E-state index in [9.17, 15) is 9.59 Å². The zero-order valence-electron chi connectivity index (χ0n) is 15.2. The SMILES string of the molecule is Cc1nc2nc(N)nn2c(C)c1CCC(=O)OCC(=O)N1CCCCC1. The third-order valence-electron chi connectivity index (χ3n) is 4.71. The average Bonchev–Trinajstić information content (AvgIpc) is 3.00. The Hall–Kier alpha value is -2.71. The Kier molecular flexibility index (Phi) is 5.34. The van der Waals surface area contributed by atoms with Gasteiger partial charge in [0.15, 0.2) is 6.61 Å². The standard InChI is InChI=1S/C17H24N6O3/c1-11-13(12(2)23-17(19-11)20-16(18)21-23)6-7-15(25)26-10-14(24)22-8-4-3-5-9-22/h3-10H2,1-2H3,(H2,18,21). The third kappa shape index (κ3) is 3.92. The Morgan fingerprint density at radius 1 is 1.15 bits per heavy atom. The Balaban J connectivity index is 1.56. The molecule has 2 N–H and O–H groups in total. The Labute approximate surface area is 151 Å². The lowest BCUT2D eigenvalue weighted by atomic mass is 10.1. The first-order chi connectivity index (χ1) is 12.5. The minimum absolute atomic E-state index is 0.119. The van der Waals surface area contributed by atoms with E-state index in [1.807, 2.05) is 13.8 Å². The highest BCUT2D eigenvalue weighted by atomic mass is 16.5. The number of hydrogen-bond donors (Lipinski definition) is 1. The number of fused-ring (bicyclic) bond motifs is 1. The van der Waals surface area contributed by atoms with Gasteiger partial charge in [0.25, 0.3) is 11.7 Å². The average molecular weight is 360 g/mol. The first-order valence-electron chi connectivity index (χ1n) is 8.87. The molecule has 0 unspecified atom stereocenters. The first-order valence-corrected chi connectivity index (χ1v) is 8.87. The van der Waals surface area contributed by atoms with Gasteiger partial charge in [0.1, 0.15) is 0 Å². The minimum Gasteiger partial charge on any atom is -0.456 e. The van der Waals surface area contributed by atoms with Crippen LogP contribution in [0.25, 0.3) is 5.78 Å². The number of aryl methyl sites for hydroxylation is 2. The van der Waals surface area contributed by atoms with Crippen molar-refractivity contribution in [1.82, 2.24) is 24.5 Å². The van der Waals surface area contributed by atoms with Crippen molar-refractivity contribution in [2.75, 3.05) is 25.4 Å². The van der Waals surface area contributed by atoms with Gasteiger partial charge in [0.05, 0.1) is 0 Å². The maximum absolute atomic E-state index is 12.0. The maximum atomic E-state index is 12.0. The third-order valence-corrected chi connectivity index (χ3v) is 4.71. The van der Waals surface area contributed by atoms with Gasteiger partial charge in [-0.2, -0.15) is 9.50 Å². The summed E-state index contributed by atoms with van der Waals surface area (Å²) in [6.07, 6.45) is 3.81. The van der Waals surface area contributed by atoms with Crippen LogP contribution in [0.5, 0.6) is 0 Å². The van der Waals surface area contributed by atoms with Crippen LogP contribution in [0.2, 0.25) is 0 Å². The van der Waals surface area contributed by atoms with Crippen LogP contribution in [0.1, 0.15) is 42.6 Å². The van der Waals surface area contributed by atoms with Crippen molar-refractivity contribution in [3.8, 4) is 0 Å². The summed E-state index contributed by atoms with van der Waals surface area (Å²) in [5.41, 5.74) is 8.14. The van der Waals surface area contributed by atoms with E-state index < -0.39 is 5.97 Å². The number of nitrogen functional groups attached to an aromatic ring is 1. The number of carbonyl (C=O) groups excluding carboxylic acids is 2. The summed E-state index contributed by atoms with van der Waals surface area (Å²) in [5, 5.41) is 4.11. The van der Waals surface area contributed by atoms with Crippen LogP contribution < -0.4 is 5.73 Å². The molecule has 0 aliphatic carbocycles. The van der Waals surface area contributed by atoms with E-state index in [2.05, 4.69) is 15.1 Å². The molecule has 0 atom stereocenters. The number of nitrogens with two attached hydrogens (primary N) is 1. The second-order valence-corrected chi connectivity index (χ2v) is 6.55. The van der Waals surface area contributed by atoms with E-state index in [1.54, 1.807) is 9.42 Å². The monoisotopic (exact) mass is 360 g/mol. The van der Waals surface area contributed by atoms with Crippen LogP contribution >= 0.6 is 0 Å². The number of rotatable bonds is 5. The number of anilines is 1. The van der Waals surface area contributed by atoms with Crippen LogP contribution in [0.4, 0.5) is 5.95 Å². The molecule has 0 saturated carbocycles. The van der Waals surface area contributed by atoms with Crippen molar-refractivity contribution in [3.63, 3.8) is 0 Å². The van der Waals surface area contributed by atoms with Gasteiger partial charge in [-0.3, -0.25) is 9.59 Å². The predicted molar refractivity (Wildman–Crippen MR) is 94.4 cm³/mol. The van der Waals surface area contributed by atoms with Crippen molar-refractivity contribution in [1.29, 1.82) is 0 Å². The summed E-state index contributed by atoms with van der Waals surface area (Å²) in [7, 11) is 0. The number of nitrogens with zero attached hydrogens (tertiary/aromatic N) is 5. The Morgan fingerprint density at radius 2 is 1.88 bits per heavy atom. The van der Waals surface area contributed by atoms with E-state index in [4.69, 9.17) is 10.5 Å². The number of esters is 1. The lowest BCUT2D eigenvalue weighted by molar-refractivity contribution is -0.152. The van der Waals surface area contributed by atoms with Gasteiger partial charge in [-0.05, 0) is 45.1 Å². The Morgan fingerprint density at radius 3 is 2.62 bits per heavy atom. The van der Waals surface area contributed by atoms with E-state index in [0.717, 1.165) is 49.3 Å². The van der Waals surface area contributed by atoms with Crippen LogP contribution in [0.3, 0.4) is 0 Å². The number of carbonyl (C=O) groups is 2. The fourth-order valence-electron chi connectivity index (χ4n) is 3.26. The van der Waals surface area contributed by atoms with Gasteiger partial charge in [0, 0.05) is 30.9 Å². The molecule has 2 aromatic heterocycles. The van der Waals surface area contributed by atoms with Crippen LogP contribution in [-0.4, -0.2) is 56.1 Å². The lowest BCUT2D eigenvalue weighted by Gasteiger charge is -2.26. The molecule has 1 fully saturated rings. The number of aromatic nitrogens is 4. The molecule has 1 amide bonds. The van der Waals surface area contributed by atoms with Gasteiger partial charge in [-0.25, -0.2) is 4.98 Å².